The Morgan fingerprint density at radius 3 is 2.44 bits per heavy atom. The molecule has 1 aliphatic rings. The third-order valence-electron chi connectivity index (χ3n) is 4.17. The highest BCUT2D eigenvalue weighted by atomic mass is 16.3. The maximum Gasteiger partial charge on any atom is 0.0610 e. The van der Waals surface area contributed by atoms with Crippen molar-refractivity contribution in [3.05, 3.63) is 0 Å². The van der Waals surface area contributed by atoms with Gasteiger partial charge >= 0.3 is 0 Å². The summed E-state index contributed by atoms with van der Waals surface area (Å²) in [5.41, 5.74) is -0.122. The highest BCUT2D eigenvalue weighted by Crippen LogP contribution is 2.22. The quantitative estimate of drug-likeness (QED) is 0.725. The molecule has 1 saturated carbocycles. The third kappa shape index (κ3) is 4.04. The first-order valence-corrected chi connectivity index (χ1v) is 6.61. The molecule has 2 N–H and O–H groups in total. The molecule has 0 aromatic heterocycles. The smallest absolute Gasteiger partial charge is 0.0610 e. The molecule has 16 heavy (non-hydrogen) atoms. The van der Waals surface area contributed by atoms with Gasteiger partial charge in [0.1, 0.15) is 0 Å². The van der Waals surface area contributed by atoms with Crippen LogP contribution in [0.2, 0.25) is 0 Å². The molecule has 0 heterocycles. The number of aliphatic hydroxyl groups is 1. The van der Waals surface area contributed by atoms with Crippen LogP contribution in [0.5, 0.6) is 0 Å². The topological polar surface area (TPSA) is 35.5 Å². The summed E-state index contributed by atoms with van der Waals surface area (Å²) in [5.74, 6) is 0. The highest BCUT2D eigenvalue weighted by molar-refractivity contribution is 4.83. The normalized spacial score (nSPS) is 22.3. The van der Waals surface area contributed by atoms with Gasteiger partial charge in [-0.3, -0.25) is 0 Å². The Kier molecular flexibility index (Phi) is 5.73. The average Bonchev–Trinajstić information content (AvgIpc) is 2.36. The number of aliphatic hydroxyl groups excluding tert-OH is 1. The number of nitrogens with zero attached hydrogens (tertiary/aromatic N) is 1. The molecule has 0 amide bonds. The maximum absolute atomic E-state index is 9.33. The lowest BCUT2D eigenvalue weighted by molar-refractivity contribution is 0.134. The van der Waals surface area contributed by atoms with Gasteiger partial charge in [0.05, 0.1) is 6.61 Å². The maximum atomic E-state index is 9.33. The second kappa shape index (κ2) is 6.58. The Balaban J connectivity index is 2.30. The fourth-order valence-corrected chi connectivity index (χ4v) is 2.41. The van der Waals surface area contributed by atoms with Crippen LogP contribution in [-0.4, -0.2) is 48.8 Å². The van der Waals surface area contributed by atoms with E-state index >= 15 is 0 Å². The summed E-state index contributed by atoms with van der Waals surface area (Å²) < 4.78 is 0. The molecule has 0 spiro atoms. The van der Waals surface area contributed by atoms with Crippen LogP contribution in [0.3, 0.4) is 0 Å². The molecule has 96 valence electrons. The summed E-state index contributed by atoms with van der Waals surface area (Å²) in [5, 5.41) is 12.5. The van der Waals surface area contributed by atoms with Crippen molar-refractivity contribution in [2.24, 2.45) is 0 Å². The summed E-state index contributed by atoms with van der Waals surface area (Å²) in [4.78, 5) is 2.48. The van der Waals surface area contributed by atoms with Crippen molar-refractivity contribution in [2.75, 3.05) is 27.2 Å². The van der Waals surface area contributed by atoms with Gasteiger partial charge < -0.3 is 15.3 Å². The van der Waals surface area contributed by atoms with Crippen LogP contribution < -0.4 is 5.32 Å². The summed E-state index contributed by atoms with van der Waals surface area (Å²) in [6, 6.07) is 0.772. The molecular weight excluding hydrogens is 200 g/mol. The van der Waals surface area contributed by atoms with E-state index < -0.39 is 0 Å². The minimum Gasteiger partial charge on any atom is -0.394 e. The van der Waals surface area contributed by atoms with Crippen LogP contribution in [0.1, 0.15) is 45.4 Å². The predicted octanol–water partition coefficient (Wildman–Crippen LogP) is 1.61. The molecule has 0 saturated heterocycles. The fraction of sp³-hybridized carbons (Fsp3) is 1.00. The minimum absolute atomic E-state index is 0.122. The number of likely N-dealkylation sites (N-methyl/N-ethyl adjacent to an activating group) is 1. The third-order valence-corrected chi connectivity index (χ3v) is 4.17. The van der Waals surface area contributed by atoms with Gasteiger partial charge in [0, 0.05) is 11.6 Å². The molecule has 1 unspecified atom stereocenters. The Bertz CT molecular complexity index is 186. The molecule has 0 aromatic carbocycles. The van der Waals surface area contributed by atoms with E-state index in [1.54, 1.807) is 0 Å². The van der Waals surface area contributed by atoms with E-state index in [2.05, 4.69) is 24.2 Å². The lowest BCUT2D eigenvalue weighted by Crippen LogP contribution is -2.47. The van der Waals surface area contributed by atoms with Crippen LogP contribution in [0, 0.1) is 0 Å². The zero-order valence-corrected chi connectivity index (χ0v) is 11.1. The standard InChI is InChI=1S/C13H28N2O/c1-13(11-16,14-2)9-10-15(3)12-7-5-4-6-8-12/h12,14,16H,4-11H2,1-3H3. The number of rotatable bonds is 6. The van der Waals surface area contributed by atoms with Gasteiger partial charge in [-0.1, -0.05) is 19.3 Å². The molecular formula is C13H28N2O. The molecule has 3 heteroatoms. The summed E-state index contributed by atoms with van der Waals surface area (Å²) in [7, 11) is 4.15. The van der Waals surface area contributed by atoms with Crippen LogP contribution in [-0.2, 0) is 0 Å². The molecule has 1 rings (SSSR count). The number of hydrogen-bond acceptors (Lipinski definition) is 3. The van der Waals surface area contributed by atoms with E-state index in [4.69, 9.17) is 0 Å². The van der Waals surface area contributed by atoms with Gasteiger partial charge in [-0.05, 0) is 46.8 Å². The summed E-state index contributed by atoms with van der Waals surface area (Å²) in [6.07, 6.45) is 7.90. The van der Waals surface area contributed by atoms with Gasteiger partial charge in [-0.15, -0.1) is 0 Å². The minimum atomic E-state index is -0.122. The first-order valence-electron chi connectivity index (χ1n) is 6.61. The van der Waals surface area contributed by atoms with Crippen molar-refractivity contribution in [1.82, 2.24) is 10.2 Å². The van der Waals surface area contributed by atoms with Gasteiger partial charge in [-0.25, -0.2) is 0 Å². The molecule has 0 aromatic rings. The van der Waals surface area contributed by atoms with E-state index in [0.29, 0.717) is 0 Å². The molecule has 1 fully saturated rings. The van der Waals surface area contributed by atoms with Gasteiger partial charge in [0.25, 0.3) is 0 Å². The van der Waals surface area contributed by atoms with Crippen LogP contribution in [0.15, 0.2) is 0 Å². The van der Waals surface area contributed by atoms with Gasteiger partial charge in [0.15, 0.2) is 0 Å². The van der Waals surface area contributed by atoms with Crippen molar-refractivity contribution in [1.29, 1.82) is 0 Å². The van der Waals surface area contributed by atoms with Crippen molar-refractivity contribution in [3.63, 3.8) is 0 Å². The van der Waals surface area contributed by atoms with Crippen molar-refractivity contribution in [3.8, 4) is 0 Å². The largest absolute Gasteiger partial charge is 0.394 e. The molecule has 0 radical (unpaired) electrons. The first-order chi connectivity index (χ1) is 7.61. The molecule has 1 atom stereocenters. The second-order valence-corrected chi connectivity index (χ2v) is 5.49. The van der Waals surface area contributed by atoms with Crippen LogP contribution in [0.25, 0.3) is 0 Å². The van der Waals surface area contributed by atoms with E-state index in [1.165, 1.54) is 32.1 Å². The van der Waals surface area contributed by atoms with E-state index in [1.807, 2.05) is 7.05 Å². The van der Waals surface area contributed by atoms with Crippen molar-refractivity contribution < 1.29 is 5.11 Å². The average molecular weight is 228 g/mol. The lowest BCUT2D eigenvalue weighted by Gasteiger charge is -2.34. The van der Waals surface area contributed by atoms with Gasteiger partial charge in [0.2, 0.25) is 0 Å². The Morgan fingerprint density at radius 2 is 1.94 bits per heavy atom. The lowest BCUT2D eigenvalue weighted by atomic mass is 9.93. The summed E-state index contributed by atoms with van der Waals surface area (Å²) in [6.45, 7) is 3.37. The zero-order chi connectivity index (χ0) is 12.0. The van der Waals surface area contributed by atoms with E-state index in [-0.39, 0.29) is 12.1 Å². The SMILES string of the molecule is CNC(C)(CO)CCN(C)C1CCCCC1. The van der Waals surface area contributed by atoms with E-state index in [9.17, 15) is 5.11 Å². The molecule has 1 aliphatic carbocycles. The van der Waals surface area contributed by atoms with Crippen molar-refractivity contribution in [2.45, 2.75) is 57.0 Å². The number of nitrogens with one attached hydrogen (secondary N) is 1. The Labute approximate surface area is 100 Å². The number of hydrogen-bond donors (Lipinski definition) is 2. The van der Waals surface area contributed by atoms with Crippen LogP contribution >= 0.6 is 0 Å². The monoisotopic (exact) mass is 228 g/mol. The predicted molar refractivity (Wildman–Crippen MR) is 68.7 cm³/mol. The molecule has 0 bridgehead atoms. The molecule has 3 nitrogen and oxygen atoms in total. The highest BCUT2D eigenvalue weighted by Gasteiger charge is 2.23. The summed E-state index contributed by atoms with van der Waals surface area (Å²) >= 11 is 0. The van der Waals surface area contributed by atoms with Crippen molar-refractivity contribution >= 4 is 0 Å². The second-order valence-electron chi connectivity index (χ2n) is 5.49. The zero-order valence-electron chi connectivity index (χ0n) is 11.1. The molecule has 0 aliphatic heterocycles. The Hall–Kier alpha value is -0.120. The van der Waals surface area contributed by atoms with E-state index in [0.717, 1.165) is 19.0 Å². The first kappa shape index (κ1) is 13.9. The Morgan fingerprint density at radius 1 is 1.31 bits per heavy atom. The van der Waals surface area contributed by atoms with Crippen LogP contribution in [0.4, 0.5) is 0 Å². The fourth-order valence-electron chi connectivity index (χ4n) is 2.41. The van der Waals surface area contributed by atoms with Gasteiger partial charge in [-0.2, -0.15) is 0 Å².